The second-order valence-electron chi connectivity index (χ2n) is 7.74. The first kappa shape index (κ1) is 17.1. The Morgan fingerprint density at radius 2 is 1.78 bits per heavy atom. The Kier molecular flexibility index (Phi) is 3.88. The maximum absolute atomic E-state index is 12.9. The Labute approximate surface area is 156 Å². The van der Waals surface area contributed by atoms with Gasteiger partial charge in [0.05, 0.1) is 0 Å². The van der Waals surface area contributed by atoms with Crippen molar-refractivity contribution in [3.63, 3.8) is 0 Å². The van der Waals surface area contributed by atoms with Gasteiger partial charge in [0.2, 0.25) is 5.43 Å². The van der Waals surface area contributed by atoms with E-state index in [-0.39, 0.29) is 16.4 Å². The first-order valence-corrected chi connectivity index (χ1v) is 8.88. The molecule has 0 radical (unpaired) electrons. The maximum Gasteiger partial charge on any atom is 0.261 e. The minimum atomic E-state index is -0.418. The average Bonchev–Trinajstić information content (AvgIpc) is 3.08. The van der Waals surface area contributed by atoms with E-state index in [1.165, 1.54) is 6.20 Å². The zero-order valence-corrected chi connectivity index (χ0v) is 15.5. The van der Waals surface area contributed by atoms with E-state index in [0.717, 1.165) is 16.5 Å². The van der Waals surface area contributed by atoms with Crippen molar-refractivity contribution in [1.82, 2.24) is 9.97 Å². The summed E-state index contributed by atoms with van der Waals surface area (Å²) < 4.78 is 0. The van der Waals surface area contributed by atoms with Crippen LogP contribution in [-0.2, 0) is 5.41 Å². The van der Waals surface area contributed by atoms with E-state index >= 15 is 0 Å². The predicted octanol–water partition coefficient (Wildman–Crippen LogP) is 4.56. The molecule has 0 aliphatic carbocycles. The molecular weight excluding hydrogens is 338 g/mol. The molecule has 4 rings (SSSR count). The Morgan fingerprint density at radius 3 is 2.56 bits per heavy atom. The second-order valence-corrected chi connectivity index (χ2v) is 7.74. The highest BCUT2D eigenvalue weighted by molar-refractivity contribution is 6.07. The summed E-state index contributed by atoms with van der Waals surface area (Å²) in [5.74, 6) is -0.418. The van der Waals surface area contributed by atoms with E-state index in [2.05, 4.69) is 42.1 Å². The van der Waals surface area contributed by atoms with Crippen LogP contribution in [0.3, 0.4) is 0 Å². The number of benzene rings is 2. The van der Waals surface area contributed by atoms with E-state index in [4.69, 9.17) is 0 Å². The van der Waals surface area contributed by atoms with Gasteiger partial charge in [-0.3, -0.25) is 9.59 Å². The number of carbonyl (C=O) groups excluding carboxylic acids is 1. The molecule has 4 aromatic rings. The van der Waals surface area contributed by atoms with Gasteiger partial charge in [-0.2, -0.15) is 0 Å². The van der Waals surface area contributed by atoms with E-state index in [0.29, 0.717) is 16.6 Å². The number of rotatable bonds is 2. The highest BCUT2D eigenvalue weighted by atomic mass is 16.2. The van der Waals surface area contributed by atoms with Crippen LogP contribution in [0.15, 0.2) is 59.7 Å². The molecule has 0 aliphatic rings. The van der Waals surface area contributed by atoms with Gasteiger partial charge in [-0.05, 0) is 46.7 Å². The molecule has 136 valence electrons. The molecule has 0 fully saturated rings. The van der Waals surface area contributed by atoms with E-state index in [1.807, 2.05) is 30.5 Å². The van der Waals surface area contributed by atoms with E-state index in [1.54, 1.807) is 12.1 Å². The van der Waals surface area contributed by atoms with Gasteiger partial charge in [0, 0.05) is 34.5 Å². The van der Waals surface area contributed by atoms with Crippen molar-refractivity contribution in [3.05, 3.63) is 76.2 Å². The monoisotopic (exact) mass is 359 g/mol. The summed E-state index contributed by atoms with van der Waals surface area (Å²) in [4.78, 5) is 31.8. The number of fused-ring (bicyclic) bond motifs is 2. The molecule has 0 saturated carbocycles. The van der Waals surface area contributed by atoms with Crippen molar-refractivity contribution in [1.29, 1.82) is 0 Å². The highest BCUT2D eigenvalue weighted by Crippen LogP contribution is 2.33. The summed E-state index contributed by atoms with van der Waals surface area (Å²) in [5, 5.41) is 4.53. The van der Waals surface area contributed by atoms with Gasteiger partial charge in [0.25, 0.3) is 5.91 Å². The molecule has 3 N–H and O–H groups in total. The van der Waals surface area contributed by atoms with E-state index in [9.17, 15) is 9.59 Å². The predicted molar refractivity (Wildman–Crippen MR) is 110 cm³/mol. The van der Waals surface area contributed by atoms with Gasteiger partial charge in [-0.15, -0.1) is 0 Å². The molecule has 5 heteroatoms. The number of hydrogen-bond acceptors (Lipinski definition) is 2. The molecule has 0 aliphatic heterocycles. The lowest BCUT2D eigenvalue weighted by Gasteiger charge is -2.23. The van der Waals surface area contributed by atoms with Gasteiger partial charge < -0.3 is 15.3 Å². The smallest absolute Gasteiger partial charge is 0.261 e. The number of H-pyrrole nitrogens is 2. The third kappa shape index (κ3) is 3.01. The topological polar surface area (TPSA) is 77.8 Å². The van der Waals surface area contributed by atoms with Gasteiger partial charge in [-0.1, -0.05) is 32.9 Å². The minimum absolute atomic E-state index is 0.0974. The lowest BCUT2D eigenvalue weighted by molar-refractivity contribution is 0.102. The zero-order valence-electron chi connectivity index (χ0n) is 15.5. The fourth-order valence-corrected chi connectivity index (χ4v) is 3.35. The van der Waals surface area contributed by atoms with Gasteiger partial charge >= 0.3 is 0 Å². The Morgan fingerprint density at radius 1 is 1.00 bits per heavy atom. The molecular formula is C22H21N3O2. The summed E-state index contributed by atoms with van der Waals surface area (Å²) in [5.41, 5.74) is 3.02. The largest absolute Gasteiger partial charge is 0.361 e. The van der Waals surface area contributed by atoms with Crippen molar-refractivity contribution in [3.8, 4) is 0 Å². The molecule has 2 aromatic carbocycles. The fourth-order valence-electron chi connectivity index (χ4n) is 3.35. The lowest BCUT2D eigenvalue weighted by atomic mass is 9.85. The van der Waals surface area contributed by atoms with Crippen molar-refractivity contribution in [2.24, 2.45) is 0 Å². The van der Waals surface area contributed by atoms with Crippen molar-refractivity contribution in [2.45, 2.75) is 26.2 Å². The Hall–Kier alpha value is -3.34. The van der Waals surface area contributed by atoms with Crippen LogP contribution in [0.2, 0.25) is 0 Å². The van der Waals surface area contributed by atoms with Crippen LogP contribution in [0.4, 0.5) is 5.69 Å². The number of hydrogen-bond donors (Lipinski definition) is 3. The summed E-state index contributed by atoms with van der Waals surface area (Å²) in [7, 11) is 0. The summed E-state index contributed by atoms with van der Waals surface area (Å²) >= 11 is 0. The number of nitrogens with one attached hydrogen (secondary N) is 3. The first-order chi connectivity index (χ1) is 12.8. The number of anilines is 1. The van der Waals surface area contributed by atoms with Crippen molar-refractivity contribution >= 4 is 33.4 Å². The maximum atomic E-state index is 12.9. The van der Waals surface area contributed by atoms with Gasteiger partial charge in [0.1, 0.15) is 5.56 Å². The molecule has 2 heterocycles. The summed E-state index contributed by atoms with van der Waals surface area (Å²) in [6.45, 7) is 6.29. The molecule has 2 aromatic heterocycles. The lowest BCUT2D eigenvalue weighted by Crippen LogP contribution is -2.24. The fraction of sp³-hybridized carbons (Fsp3) is 0.182. The molecule has 0 atom stereocenters. The Balaban J connectivity index is 1.79. The van der Waals surface area contributed by atoms with Crippen LogP contribution in [0.5, 0.6) is 0 Å². The highest BCUT2D eigenvalue weighted by Gasteiger charge is 2.22. The molecule has 1 amide bonds. The minimum Gasteiger partial charge on any atom is -0.361 e. The molecule has 0 saturated heterocycles. The number of aromatic amines is 2. The third-order valence-electron chi connectivity index (χ3n) is 4.78. The van der Waals surface area contributed by atoms with E-state index < -0.39 is 5.91 Å². The third-order valence-corrected chi connectivity index (χ3v) is 4.78. The number of para-hydroxylation sites is 1. The van der Waals surface area contributed by atoms with Crippen LogP contribution >= 0.6 is 0 Å². The zero-order chi connectivity index (χ0) is 19.2. The van der Waals surface area contributed by atoms with Crippen molar-refractivity contribution < 1.29 is 4.79 Å². The Bertz CT molecular complexity index is 1230. The number of pyridine rings is 1. The van der Waals surface area contributed by atoms with Crippen LogP contribution in [-0.4, -0.2) is 15.9 Å². The normalized spacial score (nSPS) is 11.8. The van der Waals surface area contributed by atoms with Crippen LogP contribution in [0.25, 0.3) is 21.8 Å². The van der Waals surface area contributed by atoms with Crippen LogP contribution in [0.1, 0.15) is 36.7 Å². The molecule has 0 bridgehead atoms. The molecule has 0 spiro atoms. The van der Waals surface area contributed by atoms with Crippen LogP contribution in [0, 0.1) is 0 Å². The first-order valence-electron chi connectivity index (χ1n) is 8.88. The van der Waals surface area contributed by atoms with Gasteiger partial charge in [0.15, 0.2) is 0 Å². The standard InChI is InChI=1S/C22H21N3O2/c1-22(2,3)16-10-13-8-9-23-18(13)11-19(16)25-21(27)15-12-24-17-7-5-4-6-14(17)20(15)26/h4-12,23H,1-3H3,(H,24,26)(H,25,27). The van der Waals surface area contributed by atoms with Crippen LogP contribution < -0.4 is 10.7 Å². The quantitative estimate of drug-likeness (QED) is 0.491. The number of aromatic nitrogens is 2. The number of amides is 1. The SMILES string of the molecule is CC(C)(C)c1cc2cc[nH]c2cc1NC(=O)c1c[nH]c2ccccc2c1=O. The summed E-state index contributed by atoms with van der Waals surface area (Å²) in [6, 6.07) is 13.2. The number of carbonyl (C=O) groups is 1. The molecule has 27 heavy (non-hydrogen) atoms. The van der Waals surface area contributed by atoms with Crippen molar-refractivity contribution in [2.75, 3.05) is 5.32 Å². The second kappa shape index (κ2) is 6.13. The molecule has 0 unspecified atom stereocenters. The van der Waals surface area contributed by atoms with Gasteiger partial charge in [-0.25, -0.2) is 0 Å². The average molecular weight is 359 g/mol. The summed E-state index contributed by atoms with van der Waals surface area (Å²) in [6.07, 6.45) is 3.35. The molecule has 5 nitrogen and oxygen atoms in total.